The number of carboxylic acid groups (broad SMARTS) is 1. The highest BCUT2D eigenvalue weighted by atomic mass is 35.5. The zero-order valence-corrected chi connectivity index (χ0v) is 7.79. The second-order valence-electron chi connectivity index (χ2n) is 2.51. The number of hydrogen-bond acceptors (Lipinski definition) is 3. The first kappa shape index (κ1) is 9.73. The molecule has 0 aliphatic rings. The van der Waals surface area contributed by atoms with Crippen molar-refractivity contribution in [2.45, 2.75) is 6.92 Å². The van der Waals surface area contributed by atoms with Gasteiger partial charge in [-0.3, -0.25) is 9.48 Å². The Labute approximate surface area is 78.9 Å². The van der Waals surface area contributed by atoms with Gasteiger partial charge in [-0.15, -0.1) is 0 Å². The maximum absolute atomic E-state index is 11.1. The van der Waals surface area contributed by atoms with Gasteiger partial charge >= 0.3 is 5.97 Å². The van der Waals surface area contributed by atoms with Crippen molar-refractivity contribution in [1.29, 1.82) is 0 Å². The first-order valence-electron chi connectivity index (χ1n) is 3.42. The van der Waals surface area contributed by atoms with Gasteiger partial charge in [0.25, 0.3) is 5.78 Å². The number of halogens is 1. The Bertz CT molecular complexity index is 383. The number of carbonyl (C=O) groups excluding carboxylic acids is 1. The quantitative estimate of drug-likeness (QED) is 0.565. The molecule has 0 saturated heterocycles. The van der Waals surface area contributed by atoms with Crippen LogP contribution in [-0.2, 0) is 11.8 Å². The lowest BCUT2D eigenvalue weighted by Gasteiger charge is -1.93. The molecule has 1 heterocycles. The second-order valence-corrected chi connectivity index (χ2v) is 2.87. The van der Waals surface area contributed by atoms with Crippen molar-refractivity contribution >= 4 is 23.4 Å². The molecule has 0 atom stereocenters. The predicted octanol–water partition coefficient (Wildman–Crippen LogP) is 0.649. The minimum Gasteiger partial charge on any atom is -0.475 e. The van der Waals surface area contributed by atoms with Gasteiger partial charge in [-0.2, -0.15) is 5.10 Å². The largest absolute Gasteiger partial charge is 0.475 e. The first-order chi connectivity index (χ1) is 5.95. The number of hydrogen-bond donors (Lipinski definition) is 1. The zero-order valence-electron chi connectivity index (χ0n) is 7.04. The topological polar surface area (TPSA) is 72.2 Å². The van der Waals surface area contributed by atoms with Crippen molar-refractivity contribution in [3.63, 3.8) is 0 Å². The molecule has 0 spiro atoms. The first-order valence-corrected chi connectivity index (χ1v) is 3.79. The van der Waals surface area contributed by atoms with Gasteiger partial charge in [-0.05, 0) is 6.92 Å². The molecule has 0 aromatic carbocycles. The summed E-state index contributed by atoms with van der Waals surface area (Å²) in [5.41, 5.74) is 0.275. The molecule has 0 saturated carbocycles. The van der Waals surface area contributed by atoms with Crippen LogP contribution in [-0.4, -0.2) is 26.6 Å². The fourth-order valence-electron chi connectivity index (χ4n) is 0.995. The second kappa shape index (κ2) is 3.18. The molecule has 5 nitrogen and oxygen atoms in total. The van der Waals surface area contributed by atoms with Crippen molar-refractivity contribution in [3.8, 4) is 0 Å². The smallest absolute Gasteiger partial charge is 0.377 e. The molecule has 13 heavy (non-hydrogen) atoms. The van der Waals surface area contributed by atoms with Crippen LogP contribution in [0.1, 0.15) is 16.1 Å². The van der Waals surface area contributed by atoms with Gasteiger partial charge in [0, 0.05) is 7.05 Å². The molecule has 70 valence electrons. The van der Waals surface area contributed by atoms with Crippen LogP contribution >= 0.6 is 11.6 Å². The molecule has 0 aliphatic carbocycles. The Balaban J connectivity index is 3.29. The Hall–Kier alpha value is -1.36. The number of carboxylic acids is 1. The molecule has 0 amide bonds. The van der Waals surface area contributed by atoms with E-state index in [9.17, 15) is 9.59 Å². The van der Waals surface area contributed by atoms with Crippen molar-refractivity contribution in [2.75, 3.05) is 0 Å². The highest BCUT2D eigenvalue weighted by Gasteiger charge is 2.24. The van der Waals surface area contributed by atoms with E-state index in [1.165, 1.54) is 18.7 Å². The van der Waals surface area contributed by atoms with Gasteiger partial charge in [0.05, 0.1) is 11.3 Å². The van der Waals surface area contributed by atoms with E-state index < -0.39 is 11.8 Å². The van der Waals surface area contributed by atoms with Gasteiger partial charge in [0.2, 0.25) is 0 Å². The summed E-state index contributed by atoms with van der Waals surface area (Å²) in [4.78, 5) is 21.4. The van der Waals surface area contributed by atoms with E-state index in [-0.39, 0.29) is 10.7 Å². The maximum atomic E-state index is 11.1. The SMILES string of the molecule is Cc1nn(C)c(Cl)c1C(=O)C(=O)O. The Kier molecular flexibility index (Phi) is 2.38. The third kappa shape index (κ3) is 1.55. The van der Waals surface area contributed by atoms with E-state index in [0.717, 1.165) is 0 Å². The highest BCUT2D eigenvalue weighted by Crippen LogP contribution is 2.18. The summed E-state index contributed by atoms with van der Waals surface area (Å²) in [5, 5.41) is 12.3. The summed E-state index contributed by atoms with van der Waals surface area (Å²) in [5.74, 6) is -2.56. The minimum absolute atomic E-state index is 0.0448. The van der Waals surface area contributed by atoms with Crippen LogP contribution in [0.25, 0.3) is 0 Å². The number of aromatic nitrogens is 2. The average molecular weight is 203 g/mol. The van der Waals surface area contributed by atoms with Gasteiger partial charge in [0.1, 0.15) is 5.15 Å². The molecule has 1 aromatic heterocycles. The lowest BCUT2D eigenvalue weighted by molar-refractivity contribution is -0.131. The van der Waals surface area contributed by atoms with Crippen LogP contribution in [0.2, 0.25) is 5.15 Å². The Morgan fingerprint density at radius 1 is 1.54 bits per heavy atom. The molecule has 0 aliphatic heterocycles. The van der Waals surface area contributed by atoms with E-state index in [2.05, 4.69) is 5.10 Å². The number of aryl methyl sites for hydroxylation is 2. The summed E-state index contributed by atoms with van der Waals surface area (Å²) in [6.07, 6.45) is 0. The molecule has 6 heteroatoms. The molecular weight excluding hydrogens is 196 g/mol. The highest BCUT2D eigenvalue weighted by molar-refractivity contribution is 6.44. The van der Waals surface area contributed by atoms with Gasteiger partial charge in [0.15, 0.2) is 0 Å². The molecule has 1 N–H and O–H groups in total. The number of Topliss-reactive ketones (excluding diaryl/α,β-unsaturated/α-hetero) is 1. The van der Waals surface area contributed by atoms with Gasteiger partial charge in [-0.25, -0.2) is 4.79 Å². The predicted molar refractivity (Wildman–Crippen MR) is 44.9 cm³/mol. The van der Waals surface area contributed by atoms with Gasteiger partial charge in [-0.1, -0.05) is 11.6 Å². The standard InChI is InChI=1S/C7H7ClN2O3/c1-3-4(5(11)7(12)13)6(8)10(2)9-3/h1-2H3,(H,12,13). The fraction of sp³-hybridized carbons (Fsp3) is 0.286. The maximum Gasteiger partial charge on any atom is 0.377 e. The molecule has 0 unspecified atom stereocenters. The van der Waals surface area contributed by atoms with E-state index in [1.54, 1.807) is 0 Å². The average Bonchev–Trinajstić information content (AvgIpc) is 2.26. The van der Waals surface area contributed by atoms with E-state index in [4.69, 9.17) is 16.7 Å². The molecular formula is C7H7ClN2O3. The van der Waals surface area contributed by atoms with Crippen molar-refractivity contribution in [1.82, 2.24) is 9.78 Å². The summed E-state index contributed by atoms with van der Waals surface area (Å²) in [6.45, 7) is 1.53. The van der Waals surface area contributed by atoms with Crippen LogP contribution in [0.4, 0.5) is 0 Å². The summed E-state index contributed by atoms with van der Waals surface area (Å²) >= 11 is 5.67. The number of ketones is 1. The van der Waals surface area contributed by atoms with Crippen LogP contribution < -0.4 is 0 Å². The number of aliphatic carboxylic acids is 1. The van der Waals surface area contributed by atoms with Crippen LogP contribution in [0.3, 0.4) is 0 Å². The van der Waals surface area contributed by atoms with E-state index in [1.807, 2.05) is 0 Å². The molecule has 1 rings (SSSR count). The molecule has 0 radical (unpaired) electrons. The van der Waals surface area contributed by atoms with Crippen LogP contribution in [0.5, 0.6) is 0 Å². The van der Waals surface area contributed by atoms with E-state index in [0.29, 0.717) is 5.69 Å². The number of rotatable bonds is 2. The zero-order chi connectivity index (χ0) is 10.2. The van der Waals surface area contributed by atoms with Crippen molar-refractivity contribution in [3.05, 3.63) is 16.4 Å². The lowest BCUT2D eigenvalue weighted by Crippen LogP contribution is -2.13. The summed E-state index contributed by atoms with van der Waals surface area (Å²) < 4.78 is 1.26. The van der Waals surface area contributed by atoms with Gasteiger partial charge < -0.3 is 5.11 Å². The normalized spacial score (nSPS) is 10.1. The van der Waals surface area contributed by atoms with Crippen molar-refractivity contribution < 1.29 is 14.7 Å². The summed E-state index contributed by atoms with van der Waals surface area (Å²) in [6, 6.07) is 0. The van der Waals surface area contributed by atoms with E-state index >= 15 is 0 Å². The Morgan fingerprint density at radius 3 is 2.38 bits per heavy atom. The summed E-state index contributed by atoms with van der Waals surface area (Å²) in [7, 11) is 1.54. The number of carbonyl (C=O) groups is 2. The fourth-order valence-corrected chi connectivity index (χ4v) is 1.26. The molecule has 0 bridgehead atoms. The molecule has 1 aromatic rings. The Morgan fingerprint density at radius 2 is 2.08 bits per heavy atom. The number of nitrogens with zero attached hydrogens (tertiary/aromatic N) is 2. The van der Waals surface area contributed by atoms with Crippen LogP contribution in [0.15, 0.2) is 0 Å². The molecule has 0 fully saturated rings. The monoisotopic (exact) mass is 202 g/mol. The minimum atomic E-state index is -1.53. The third-order valence-corrected chi connectivity index (χ3v) is 2.01. The van der Waals surface area contributed by atoms with Crippen molar-refractivity contribution in [2.24, 2.45) is 7.05 Å². The lowest BCUT2D eigenvalue weighted by atomic mass is 10.2. The van der Waals surface area contributed by atoms with Crippen LogP contribution in [0, 0.1) is 6.92 Å². The third-order valence-electron chi connectivity index (χ3n) is 1.57.